The zero-order chi connectivity index (χ0) is 10.9. The number of halogens is 3. The van der Waals surface area contributed by atoms with Gasteiger partial charge in [0.05, 0.1) is 5.56 Å². The molecule has 1 N–H and O–H groups in total. The topological polar surface area (TPSA) is 50.2 Å². The molecule has 0 saturated carbocycles. The molecule has 0 aliphatic carbocycles. The molecule has 0 atom stereocenters. The highest BCUT2D eigenvalue weighted by molar-refractivity contribution is 5.89. The van der Waals surface area contributed by atoms with E-state index < -0.39 is 23.4 Å². The Morgan fingerprint density at radius 3 is 2.43 bits per heavy atom. The van der Waals surface area contributed by atoms with E-state index in [2.05, 4.69) is 4.98 Å². The number of hydrogen-bond donors (Lipinski definition) is 1. The molecule has 1 aromatic heterocycles. The number of carboxylic acids is 1. The van der Waals surface area contributed by atoms with Gasteiger partial charge in [-0.3, -0.25) is 0 Å². The number of aromatic carboxylic acids is 1. The fraction of sp³-hybridized carbons (Fsp3) is 0.250. The Hall–Kier alpha value is -1.59. The van der Waals surface area contributed by atoms with E-state index in [0.717, 1.165) is 6.07 Å². The third-order valence-corrected chi connectivity index (χ3v) is 1.53. The SMILES string of the molecule is Cc1ccc(C(=O)O)c(C(F)(F)F)n1. The van der Waals surface area contributed by atoms with Crippen molar-refractivity contribution < 1.29 is 23.1 Å². The van der Waals surface area contributed by atoms with Crippen LogP contribution in [-0.4, -0.2) is 16.1 Å². The predicted octanol–water partition coefficient (Wildman–Crippen LogP) is 2.11. The van der Waals surface area contributed by atoms with E-state index in [4.69, 9.17) is 5.11 Å². The van der Waals surface area contributed by atoms with Crippen LogP contribution in [0.25, 0.3) is 0 Å². The van der Waals surface area contributed by atoms with Gasteiger partial charge < -0.3 is 5.11 Å². The third-order valence-electron chi connectivity index (χ3n) is 1.53. The van der Waals surface area contributed by atoms with Crippen LogP contribution in [0.1, 0.15) is 21.7 Å². The van der Waals surface area contributed by atoms with E-state index in [1.54, 1.807) is 0 Å². The fourth-order valence-corrected chi connectivity index (χ4v) is 0.945. The molecule has 0 spiro atoms. The van der Waals surface area contributed by atoms with Gasteiger partial charge in [-0.15, -0.1) is 0 Å². The summed E-state index contributed by atoms with van der Waals surface area (Å²) < 4.78 is 36.8. The Kier molecular flexibility index (Phi) is 2.46. The minimum atomic E-state index is -4.74. The van der Waals surface area contributed by atoms with Crippen molar-refractivity contribution in [3.05, 3.63) is 29.1 Å². The lowest BCUT2D eigenvalue weighted by molar-refractivity contribution is -0.141. The number of carbonyl (C=O) groups is 1. The van der Waals surface area contributed by atoms with E-state index in [1.807, 2.05) is 0 Å². The summed E-state index contributed by atoms with van der Waals surface area (Å²) in [5.74, 6) is -1.63. The zero-order valence-electron chi connectivity index (χ0n) is 7.09. The van der Waals surface area contributed by atoms with Crippen molar-refractivity contribution >= 4 is 5.97 Å². The van der Waals surface area contributed by atoms with E-state index in [1.165, 1.54) is 13.0 Å². The smallest absolute Gasteiger partial charge is 0.434 e. The maximum Gasteiger partial charge on any atom is 0.434 e. The van der Waals surface area contributed by atoms with Gasteiger partial charge in [0.25, 0.3) is 0 Å². The van der Waals surface area contributed by atoms with Crippen LogP contribution in [0.15, 0.2) is 12.1 Å². The fourth-order valence-electron chi connectivity index (χ4n) is 0.945. The molecule has 1 aromatic rings. The van der Waals surface area contributed by atoms with E-state index >= 15 is 0 Å². The second-order valence-electron chi connectivity index (χ2n) is 2.65. The summed E-state index contributed by atoms with van der Waals surface area (Å²) >= 11 is 0. The zero-order valence-corrected chi connectivity index (χ0v) is 7.09. The lowest BCUT2D eigenvalue weighted by Crippen LogP contribution is -2.15. The predicted molar refractivity (Wildman–Crippen MR) is 40.9 cm³/mol. The van der Waals surface area contributed by atoms with Gasteiger partial charge in [0, 0.05) is 5.69 Å². The molecule has 76 valence electrons. The van der Waals surface area contributed by atoms with Crippen molar-refractivity contribution in [3.8, 4) is 0 Å². The molecule has 0 aliphatic heterocycles. The van der Waals surface area contributed by atoms with Crippen LogP contribution in [0, 0.1) is 6.92 Å². The molecule has 1 heterocycles. The number of alkyl halides is 3. The summed E-state index contributed by atoms with van der Waals surface area (Å²) in [6.45, 7) is 1.36. The number of nitrogens with zero attached hydrogens (tertiary/aromatic N) is 1. The monoisotopic (exact) mass is 205 g/mol. The molecule has 3 nitrogen and oxygen atoms in total. The van der Waals surface area contributed by atoms with Crippen molar-refractivity contribution in [3.63, 3.8) is 0 Å². The maximum atomic E-state index is 12.3. The molecule has 0 saturated heterocycles. The van der Waals surface area contributed by atoms with E-state index in [9.17, 15) is 18.0 Å². The Labute approximate surface area is 77.2 Å². The van der Waals surface area contributed by atoms with Gasteiger partial charge in [-0.25, -0.2) is 9.78 Å². The first kappa shape index (κ1) is 10.5. The molecular formula is C8H6F3NO2. The number of aromatic nitrogens is 1. The number of pyridine rings is 1. The van der Waals surface area contributed by atoms with Gasteiger partial charge in [-0.1, -0.05) is 0 Å². The minimum Gasteiger partial charge on any atom is -0.478 e. The van der Waals surface area contributed by atoms with Gasteiger partial charge in [0.15, 0.2) is 5.69 Å². The number of carboxylic acid groups (broad SMARTS) is 1. The lowest BCUT2D eigenvalue weighted by Gasteiger charge is -2.09. The van der Waals surface area contributed by atoms with Crippen LogP contribution in [0.3, 0.4) is 0 Å². The number of rotatable bonds is 1. The third kappa shape index (κ3) is 2.01. The maximum absolute atomic E-state index is 12.3. The first-order chi connectivity index (χ1) is 6.32. The second kappa shape index (κ2) is 3.28. The largest absolute Gasteiger partial charge is 0.478 e. The Morgan fingerprint density at radius 1 is 1.43 bits per heavy atom. The summed E-state index contributed by atoms with van der Waals surface area (Å²) in [5, 5.41) is 8.48. The van der Waals surface area contributed by atoms with Gasteiger partial charge in [-0.2, -0.15) is 13.2 Å². The molecule has 0 aromatic carbocycles. The first-order valence-electron chi connectivity index (χ1n) is 3.60. The van der Waals surface area contributed by atoms with Gasteiger partial charge in [-0.05, 0) is 19.1 Å². The van der Waals surface area contributed by atoms with Crippen molar-refractivity contribution in [2.45, 2.75) is 13.1 Å². The number of aryl methyl sites for hydroxylation is 1. The van der Waals surface area contributed by atoms with Crippen molar-refractivity contribution in [1.29, 1.82) is 0 Å². The summed E-state index contributed by atoms with van der Waals surface area (Å²) in [6, 6.07) is 2.12. The molecule has 1 rings (SSSR count). The highest BCUT2D eigenvalue weighted by atomic mass is 19.4. The van der Waals surface area contributed by atoms with Crippen molar-refractivity contribution in [2.24, 2.45) is 0 Å². The van der Waals surface area contributed by atoms with Crippen LogP contribution in [0.2, 0.25) is 0 Å². The highest BCUT2D eigenvalue weighted by Crippen LogP contribution is 2.30. The normalized spacial score (nSPS) is 11.4. The average Bonchev–Trinajstić information content (AvgIpc) is 2.01. The number of hydrogen-bond acceptors (Lipinski definition) is 2. The van der Waals surface area contributed by atoms with Crippen LogP contribution in [0.5, 0.6) is 0 Å². The standard InChI is InChI=1S/C8H6F3NO2/c1-4-2-3-5(7(13)14)6(12-4)8(9,10)11/h2-3H,1H3,(H,13,14). The molecule has 0 radical (unpaired) electrons. The van der Waals surface area contributed by atoms with Gasteiger partial charge in [0.2, 0.25) is 0 Å². The van der Waals surface area contributed by atoms with Crippen LogP contribution >= 0.6 is 0 Å². The summed E-state index contributed by atoms with van der Waals surface area (Å²) in [6.07, 6.45) is -4.74. The molecular weight excluding hydrogens is 199 g/mol. The highest BCUT2D eigenvalue weighted by Gasteiger charge is 2.37. The first-order valence-corrected chi connectivity index (χ1v) is 3.60. The minimum absolute atomic E-state index is 0.127. The quantitative estimate of drug-likeness (QED) is 0.763. The Balaban J connectivity index is 3.38. The van der Waals surface area contributed by atoms with E-state index in [-0.39, 0.29) is 5.69 Å². The van der Waals surface area contributed by atoms with Crippen molar-refractivity contribution in [2.75, 3.05) is 0 Å². The molecule has 0 fully saturated rings. The van der Waals surface area contributed by atoms with Gasteiger partial charge in [0.1, 0.15) is 0 Å². The molecule has 14 heavy (non-hydrogen) atoms. The van der Waals surface area contributed by atoms with Crippen LogP contribution in [-0.2, 0) is 6.18 Å². The Bertz CT molecular complexity index is 373. The van der Waals surface area contributed by atoms with E-state index in [0.29, 0.717) is 0 Å². The van der Waals surface area contributed by atoms with Gasteiger partial charge >= 0.3 is 12.1 Å². The lowest BCUT2D eigenvalue weighted by atomic mass is 10.1. The molecule has 0 aliphatic rings. The second-order valence-corrected chi connectivity index (χ2v) is 2.65. The molecule has 0 unspecified atom stereocenters. The average molecular weight is 205 g/mol. The van der Waals surface area contributed by atoms with Crippen LogP contribution < -0.4 is 0 Å². The molecule has 0 bridgehead atoms. The molecule has 6 heteroatoms. The summed E-state index contributed by atoms with van der Waals surface area (Å²) in [7, 11) is 0. The Morgan fingerprint density at radius 2 is 2.00 bits per heavy atom. The van der Waals surface area contributed by atoms with Crippen LogP contribution in [0.4, 0.5) is 13.2 Å². The van der Waals surface area contributed by atoms with Crippen molar-refractivity contribution in [1.82, 2.24) is 4.98 Å². The summed E-state index contributed by atoms with van der Waals surface area (Å²) in [5.41, 5.74) is -2.06. The summed E-state index contributed by atoms with van der Waals surface area (Å²) in [4.78, 5) is 13.6. The molecule has 0 amide bonds.